The van der Waals surface area contributed by atoms with E-state index in [0.717, 1.165) is 12.5 Å². The van der Waals surface area contributed by atoms with Gasteiger partial charge in [-0.3, -0.25) is 4.98 Å². The third-order valence-electron chi connectivity index (χ3n) is 4.29. The first kappa shape index (κ1) is 16.6. The van der Waals surface area contributed by atoms with Gasteiger partial charge >= 0.3 is 6.18 Å². The number of aromatic nitrogens is 3. The second-order valence-corrected chi connectivity index (χ2v) is 6.08. The number of rotatable bonds is 3. The topological polar surface area (TPSA) is 62.1 Å². The molecule has 1 saturated heterocycles. The van der Waals surface area contributed by atoms with Crippen LogP contribution < -0.4 is 4.90 Å². The normalized spacial score (nSPS) is 21.3. The molecule has 1 N–H and O–H groups in total. The summed E-state index contributed by atoms with van der Waals surface area (Å²) in [7, 11) is 0. The highest BCUT2D eigenvalue weighted by Gasteiger charge is 2.39. The van der Waals surface area contributed by atoms with Gasteiger partial charge in [0.15, 0.2) is 11.5 Å². The summed E-state index contributed by atoms with van der Waals surface area (Å²) in [5.41, 5.74) is -1.21. The van der Waals surface area contributed by atoms with Crippen LogP contribution in [0.15, 0.2) is 30.6 Å². The van der Waals surface area contributed by atoms with Crippen LogP contribution in [0.2, 0.25) is 0 Å². The van der Waals surface area contributed by atoms with Gasteiger partial charge < -0.3 is 10.0 Å². The molecule has 1 aliphatic rings. The minimum absolute atomic E-state index is 0.0277. The maximum Gasteiger partial charge on any atom is 0.433 e. The molecule has 3 rings (SSSR count). The minimum Gasteiger partial charge on any atom is -0.394 e. The molecule has 0 aliphatic carbocycles. The van der Waals surface area contributed by atoms with Crippen LogP contribution in [-0.2, 0) is 6.18 Å². The van der Waals surface area contributed by atoms with Crippen molar-refractivity contribution in [2.24, 2.45) is 0 Å². The van der Waals surface area contributed by atoms with Gasteiger partial charge in [0.1, 0.15) is 5.82 Å². The summed E-state index contributed by atoms with van der Waals surface area (Å²) >= 11 is 0. The predicted octanol–water partition coefficient (Wildman–Crippen LogP) is 2.91. The molecule has 2 aromatic rings. The van der Waals surface area contributed by atoms with Crippen molar-refractivity contribution in [1.82, 2.24) is 15.0 Å². The fourth-order valence-corrected chi connectivity index (χ4v) is 2.92. The Morgan fingerprint density at radius 1 is 1.33 bits per heavy atom. The van der Waals surface area contributed by atoms with E-state index < -0.39 is 17.4 Å². The van der Waals surface area contributed by atoms with E-state index in [-0.39, 0.29) is 18.2 Å². The number of anilines is 1. The van der Waals surface area contributed by atoms with Crippen LogP contribution in [0.1, 0.15) is 25.5 Å². The highest BCUT2D eigenvalue weighted by atomic mass is 19.4. The van der Waals surface area contributed by atoms with Crippen molar-refractivity contribution in [1.29, 1.82) is 0 Å². The zero-order valence-corrected chi connectivity index (χ0v) is 13.1. The predicted molar refractivity (Wildman–Crippen MR) is 82.3 cm³/mol. The van der Waals surface area contributed by atoms with E-state index in [1.54, 1.807) is 17.0 Å². The summed E-state index contributed by atoms with van der Waals surface area (Å²) < 4.78 is 39.8. The van der Waals surface area contributed by atoms with Gasteiger partial charge in [-0.05, 0) is 31.9 Å². The van der Waals surface area contributed by atoms with E-state index in [1.165, 1.54) is 12.4 Å². The second kappa shape index (κ2) is 6.01. The molecule has 5 nitrogen and oxygen atoms in total. The Bertz CT molecular complexity index is 723. The lowest BCUT2D eigenvalue weighted by Gasteiger charge is -2.34. The maximum atomic E-state index is 13.3. The van der Waals surface area contributed by atoms with Crippen LogP contribution in [0.3, 0.4) is 0 Å². The van der Waals surface area contributed by atoms with Gasteiger partial charge in [-0.25, -0.2) is 9.97 Å². The largest absolute Gasteiger partial charge is 0.433 e. The fourth-order valence-electron chi connectivity index (χ4n) is 2.92. The summed E-state index contributed by atoms with van der Waals surface area (Å²) in [5.74, 6) is 0.144. The SMILES string of the molecule is CC1(CO)CCCN1c1cc(C(F)(F)F)nc(-c2cccnc2)n1. The quantitative estimate of drug-likeness (QED) is 0.932. The molecule has 0 radical (unpaired) electrons. The van der Waals surface area contributed by atoms with Crippen LogP contribution in [0.25, 0.3) is 11.4 Å². The van der Waals surface area contributed by atoms with E-state index >= 15 is 0 Å². The van der Waals surface area contributed by atoms with Gasteiger partial charge in [0.2, 0.25) is 0 Å². The third kappa shape index (κ3) is 3.06. The monoisotopic (exact) mass is 338 g/mol. The first-order chi connectivity index (χ1) is 11.3. The third-order valence-corrected chi connectivity index (χ3v) is 4.29. The summed E-state index contributed by atoms with van der Waals surface area (Å²) in [6.07, 6.45) is -0.151. The van der Waals surface area contributed by atoms with Gasteiger partial charge in [0.25, 0.3) is 0 Å². The first-order valence-electron chi connectivity index (χ1n) is 7.59. The van der Waals surface area contributed by atoms with Crippen molar-refractivity contribution in [2.75, 3.05) is 18.1 Å². The molecule has 0 amide bonds. The Balaban J connectivity index is 2.13. The summed E-state index contributed by atoms with van der Waals surface area (Å²) in [4.78, 5) is 13.6. The van der Waals surface area contributed by atoms with Gasteiger partial charge in [0.05, 0.1) is 12.1 Å². The number of halogens is 3. The molecule has 1 fully saturated rings. The lowest BCUT2D eigenvalue weighted by atomic mass is 10.0. The fraction of sp³-hybridized carbons (Fsp3) is 0.438. The Morgan fingerprint density at radius 2 is 2.12 bits per heavy atom. The molecule has 3 heterocycles. The van der Waals surface area contributed by atoms with Crippen molar-refractivity contribution < 1.29 is 18.3 Å². The minimum atomic E-state index is -4.58. The van der Waals surface area contributed by atoms with Crippen LogP contribution in [0.5, 0.6) is 0 Å². The maximum absolute atomic E-state index is 13.3. The smallest absolute Gasteiger partial charge is 0.394 e. The van der Waals surface area contributed by atoms with Crippen LogP contribution in [-0.4, -0.2) is 38.7 Å². The molecular weight excluding hydrogens is 321 g/mol. The highest BCUT2D eigenvalue weighted by Crippen LogP contribution is 2.36. The van der Waals surface area contributed by atoms with Crippen molar-refractivity contribution in [2.45, 2.75) is 31.5 Å². The average molecular weight is 338 g/mol. The first-order valence-corrected chi connectivity index (χ1v) is 7.59. The van der Waals surface area contributed by atoms with Gasteiger partial charge in [0, 0.05) is 30.6 Å². The van der Waals surface area contributed by atoms with Gasteiger partial charge in [-0.2, -0.15) is 13.2 Å². The number of aliphatic hydroxyl groups excluding tert-OH is 1. The molecule has 2 aromatic heterocycles. The molecule has 1 aliphatic heterocycles. The Morgan fingerprint density at radius 3 is 2.75 bits per heavy atom. The molecule has 0 aromatic carbocycles. The summed E-state index contributed by atoms with van der Waals surface area (Å²) in [6, 6.07) is 4.17. The molecule has 128 valence electrons. The van der Waals surface area contributed by atoms with E-state index in [4.69, 9.17) is 0 Å². The molecule has 8 heteroatoms. The van der Waals surface area contributed by atoms with Crippen LogP contribution >= 0.6 is 0 Å². The molecule has 0 spiro atoms. The zero-order valence-electron chi connectivity index (χ0n) is 13.1. The molecule has 0 bridgehead atoms. The zero-order chi connectivity index (χ0) is 17.4. The van der Waals surface area contributed by atoms with Crippen molar-refractivity contribution in [3.8, 4) is 11.4 Å². The number of alkyl halides is 3. The number of nitrogens with zero attached hydrogens (tertiary/aromatic N) is 4. The average Bonchev–Trinajstić information content (AvgIpc) is 2.97. The Labute approximate surface area is 137 Å². The van der Waals surface area contributed by atoms with Crippen LogP contribution in [0, 0.1) is 0 Å². The highest BCUT2D eigenvalue weighted by molar-refractivity contribution is 5.58. The van der Waals surface area contributed by atoms with Gasteiger partial charge in [-0.1, -0.05) is 0 Å². The number of hydrogen-bond acceptors (Lipinski definition) is 5. The van der Waals surface area contributed by atoms with E-state index in [0.29, 0.717) is 18.5 Å². The Hall–Kier alpha value is -2.22. The van der Waals surface area contributed by atoms with Crippen molar-refractivity contribution in [3.05, 3.63) is 36.3 Å². The van der Waals surface area contributed by atoms with Gasteiger partial charge in [-0.15, -0.1) is 0 Å². The summed E-state index contributed by atoms with van der Waals surface area (Å²) in [5, 5.41) is 9.66. The molecular formula is C16H17F3N4O. The van der Waals surface area contributed by atoms with E-state index in [9.17, 15) is 18.3 Å². The van der Waals surface area contributed by atoms with E-state index in [2.05, 4.69) is 15.0 Å². The molecule has 0 saturated carbocycles. The number of pyridine rings is 1. The van der Waals surface area contributed by atoms with Crippen molar-refractivity contribution >= 4 is 5.82 Å². The standard InChI is InChI=1S/C16H17F3N4O/c1-15(10-24)5-3-7-23(15)13-8-12(16(17,18)19)21-14(22-13)11-4-2-6-20-9-11/h2,4,6,8-9,24H,3,5,7,10H2,1H3. The van der Waals surface area contributed by atoms with Crippen LogP contribution in [0.4, 0.5) is 19.0 Å². The lowest BCUT2D eigenvalue weighted by Crippen LogP contribution is -2.45. The summed E-state index contributed by atoms with van der Waals surface area (Å²) in [6.45, 7) is 2.21. The molecule has 1 atom stereocenters. The molecule has 24 heavy (non-hydrogen) atoms. The molecule has 1 unspecified atom stereocenters. The Kier molecular flexibility index (Phi) is 4.16. The number of aliphatic hydroxyl groups is 1. The van der Waals surface area contributed by atoms with Crippen molar-refractivity contribution in [3.63, 3.8) is 0 Å². The lowest BCUT2D eigenvalue weighted by molar-refractivity contribution is -0.141. The second-order valence-electron chi connectivity index (χ2n) is 6.08. The van der Waals surface area contributed by atoms with E-state index in [1.807, 2.05) is 6.92 Å². The number of hydrogen-bond donors (Lipinski definition) is 1.